The number of ether oxygens (including phenoxy) is 1. The van der Waals surface area contributed by atoms with Crippen LogP contribution in [0.1, 0.15) is 42.9 Å². The number of benzene rings is 3. The molecule has 0 atom stereocenters. The molecular formula is C28H31Br2NO2. The number of likely N-dealkylation sites (tertiary alicyclic amines) is 1. The molecule has 3 aromatic carbocycles. The van der Waals surface area contributed by atoms with Crippen LogP contribution in [0.25, 0.3) is 0 Å². The van der Waals surface area contributed by atoms with E-state index in [4.69, 9.17) is 4.74 Å². The van der Waals surface area contributed by atoms with E-state index < -0.39 is 5.60 Å². The summed E-state index contributed by atoms with van der Waals surface area (Å²) in [6.45, 7) is 5.73. The lowest BCUT2D eigenvalue weighted by Gasteiger charge is -2.42. The van der Waals surface area contributed by atoms with Gasteiger partial charge in [-0.25, -0.2) is 0 Å². The molecule has 0 radical (unpaired) electrons. The third kappa shape index (κ3) is 5.89. The van der Waals surface area contributed by atoms with Crippen molar-refractivity contribution in [1.82, 2.24) is 4.90 Å². The summed E-state index contributed by atoms with van der Waals surface area (Å²) in [6, 6.07) is 24.7. The second kappa shape index (κ2) is 11.2. The van der Waals surface area contributed by atoms with Crippen LogP contribution in [0.15, 0.2) is 81.7 Å². The van der Waals surface area contributed by atoms with Gasteiger partial charge < -0.3 is 9.84 Å². The van der Waals surface area contributed by atoms with Gasteiger partial charge in [0.25, 0.3) is 0 Å². The van der Waals surface area contributed by atoms with Crippen molar-refractivity contribution in [3.05, 3.63) is 98.4 Å². The first-order chi connectivity index (χ1) is 16.0. The van der Waals surface area contributed by atoms with Gasteiger partial charge in [-0.2, -0.15) is 0 Å². The Bertz CT molecular complexity index is 966. The summed E-state index contributed by atoms with van der Waals surface area (Å²) in [5, 5.41) is 12.2. The van der Waals surface area contributed by atoms with Crippen molar-refractivity contribution in [3.8, 4) is 5.75 Å². The minimum atomic E-state index is -1.01. The number of rotatable bonds is 8. The van der Waals surface area contributed by atoms with E-state index in [0.29, 0.717) is 0 Å². The second-order valence-electron chi connectivity index (χ2n) is 8.82. The lowest BCUT2D eigenvalue weighted by molar-refractivity contribution is -0.0152. The maximum atomic E-state index is 12.2. The summed E-state index contributed by atoms with van der Waals surface area (Å²) >= 11 is 7.06. The molecule has 0 unspecified atom stereocenters. The van der Waals surface area contributed by atoms with Crippen LogP contribution in [0.4, 0.5) is 0 Å². The summed E-state index contributed by atoms with van der Waals surface area (Å²) in [4.78, 5) is 2.49. The quantitative estimate of drug-likeness (QED) is 0.311. The second-order valence-corrected chi connectivity index (χ2v) is 10.7. The van der Waals surface area contributed by atoms with Crippen molar-refractivity contribution in [2.45, 2.75) is 38.3 Å². The van der Waals surface area contributed by atoms with Crippen LogP contribution in [-0.2, 0) is 12.1 Å². The fraction of sp³-hybridized carbons (Fsp3) is 0.357. The van der Waals surface area contributed by atoms with Crippen molar-refractivity contribution < 1.29 is 9.84 Å². The Morgan fingerprint density at radius 3 is 1.85 bits per heavy atom. The molecular weight excluding hydrogens is 542 g/mol. The standard InChI is InChI=1S/C28H31Br2NO2/c1-2-19-33-27-13-3-21(4-14-27)20-31-17-15-24(16-18-31)28(32,22-5-9-25(29)10-6-22)23-7-11-26(30)12-8-23/h3-14,24,32H,2,15-20H2,1H3. The van der Waals surface area contributed by atoms with Crippen molar-refractivity contribution in [3.63, 3.8) is 0 Å². The summed E-state index contributed by atoms with van der Waals surface area (Å²) in [5.74, 6) is 1.09. The van der Waals surface area contributed by atoms with Gasteiger partial charge in [0.2, 0.25) is 0 Å². The molecule has 4 rings (SSSR count). The molecule has 0 aliphatic carbocycles. The molecule has 1 aliphatic rings. The molecule has 174 valence electrons. The molecule has 33 heavy (non-hydrogen) atoms. The Kier molecular flexibility index (Phi) is 8.29. The molecule has 5 heteroatoms. The van der Waals surface area contributed by atoms with Crippen molar-refractivity contribution in [2.24, 2.45) is 5.92 Å². The number of nitrogens with zero attached hydrogens (tertiary/aromatic N) is 1. The molecule has 1 fully saturated rings. The van der Waals surface area contributed by atoms with Crippen LogP contribution in [-0.4, -0.2) is 29.7 Å². The summed E-state index contributed by atoms with van der Waals surface area (Å²) in [6.07, 6.45) is 2.91. The van der Waals surface area contributed by atoms with Gasteiger partial charge in [0, 0.05) is 15.5 Å². The number of hydrogen-bond donors (Lipinski definition) is 1. The molecule has 0 bridgehead atoms. The van der Waals surface area contributed by atoms with E-state index >= 15 is 0 Å². The van der Waals surface area contributed by atoms with Gasteiger partial charge in [-0.1, -0.05) is 75.2 Å². The number of aliphatic hydroxyl groups is 1. The van der Waals surface area contributed by atoms with E-state index in [-0.39, 0.29) is 5.92 Å². The smallest absolute Gasteiger partial charge is 0.119 e. The highest BCUT2D eigenvalue weighted by molar-refractivity contribution is 9.10. The third-order valence-corrected chi connectivity index (χ3v) is 7.61. The Balaban J connectivity index is 1.47. The van der Waals surface area contributed by atoms with Crippen LogP contribution in [0.3, 0.4) is 0 Å². The predicted octanol–water partition coefficient (Wildman–Crippen LogP) is 7.15. The predicted molar refractivity (Wildman–Crippen MR) is 142 cm³/mol. The lowest BCUT2D eigenvalue weighted by atomic mass is 9.72. The molecule has 1 N–H and O–H groups in total. The van der Waals surface area contributed by atoms with E-state index in [9.17, 15) is 5.11 Å². The fourth-order valence-electron chi connectivity index (χ4n) is 4.72. The minimum absolute atomic E-state index is 0.154. The van der Waals surface area contributed by atoms with Gasteiger partial charge in [0.15, 0.2) is 0 Å². The zero-order chi connectivity index (χ0) is 23.3. The average molecular weight is 573 g/mol. The molecule has 1 heterocycles. The van der Waals surface area contributed by atoms with Crippen LogP contribution in [0.2, 0.25) is 0 Å². The zero-order valence-corrected chi connectivity index (χ0v) is 22.2. The first kappa shape index (κ1) is 24.5. The maximum absolute atomic E-state index is 12.2. The lowest BCUT2D eigenvalue weighted by Crippen LogP contribution is -2.44. The van der Waals surface area contributed by atoms with Crippen LogP contribution in [0, 0.1) is 5.92 Å². The van der Waals surface area contributed by atoms with E-state index in [0.717, 1.165) is 71.3 Å². The Morgan fingerprint density at radius 2 is 1.36 bits per heavy atom. The Labute approximate surface area is 214 Å². The van der Waals surface area contributed by atoms with E-state index in [1.807, 2.05) is 48.5 Å². The molecule has 1 aliphatic heterocycles. The normalized spacial score (nSPS) is 15.5. The molecule has 0 aromatic heterocycles. The number of halogens is 2. The Hall–Kier alpha value is -1.66. The highest BCUT2D eigenvalue weighted by Crippen LogP contribution is 2.42. The first-order valence-electron chi connectivity index (χ1n) is 11.7. The molecule has 0 saturated carbocycles. The summed E-state index contributed by atoms with van der Waals surface area (Å²) in [7, 11) is 0. The highest BCUT2D eigenvalue weighted by atomic mass is 79.9. The minimum Gasteiger partial charge on any atom is -0.494 e. The van der Waals surface area contributed by atoms with E-state index in [1.54, 1.807) is 0 Å². The van der Waals surface area contributed by atoms with E-state index in [2.05, 4.69) is 67.9 Å². The third-order valence-electron chi connectivity index (χ3n) is 6.55. The molecule has 1 saturated heterocycles. The maximum Gasteiger partial charge on any atom is 0.119 e. The Morgan fingerprint density at radius 1 is 0.848 bits per heavy atom. The van der Waals surface area contributed by atoms with E-state index in [1.165, 1.54) is 5.56 Å². The molecule has 3 aromatic rings. The van der Waals surface area contributed by atoms with Gasteiger partial charge in [-0.3, -0.25) is 4.90 Å². The van der Waals surface area contributed by atoms with Crippen LogP contribution >= 0.6 is 31.9 Å². The topological polar surface area (TPSA) is 32.7 Å². The van der Waals surface area contributed by atoms with Gasteiger partial charge in [0.1, 0.15) is 11.4 Å². The van der Waals surface area contributed by atoms with Crippen molar-refractivity contribution >= 4 is 31.9 Å². The van der Waals surface area contributed by atoms with Gasteiger partial charge >= 0.3 is 0 Å². The first-order valence-corrected chi connectivity index (χ1v) is 13.3. The van der Waals surface area contributed by atoms with Gasteiger partial charge in [-0.15, -0.1) is 0 Å². The van der Waals surface area contributed by atoms with Gasteiger partial charge in [-0.05, 0) is 91.4 Å². The zero-order valence-electron chi connectivity index (χ0n) is 19.0. The summed E-state index contributed by atoms with van der Waals surface area (Å²) < 4.78 is 7.74. The van der Waals surface area contributed by atoms with Gasteiger partial charge in [0.05, 0.1) is 6.61 Å². The molecule has 3 nitrogen and oxygen atoms in total. The number of hydrogen-bond acceptors (Lipinski definition) is 3. The summed E-state index contributed by atoms with van der Waals surface area (Å²) in [5.41, 5.74) is 2.20. The monoisotopic (exact) mass is 571 g/mol. The average Bonchev–Trinajstić information content (AvgIpc) is 2.84. The van der Waals surface area contributed by atoms with Crippen molar-refractivity contribution in [2.75, 3.05) is 19.7 Å². The fourth-order valence-corrected chi connectivity index (χ4v) is 5.25. The highest BCUT2D eigenvalue weighted by Gasteiger charge is 2.41. The largest absolute Gasteiger partial charge is 0.494 e. The van der Waals surface area contributed by atoms with Crippen LogP contribution < -0.4 is 4.74 Å². The van der Waals surface area contributed by atoms with Crippen LogP contribution in [0.5, 0.6) is 5.75 Å². The van der Waals surface area contributed by atoms with Crippen molar-refractivity contribution in [1.29, 1.82) is 0 Å². The number of piperidine rings is 1. The SMILES string of the molecule is CCCOc1ccc(CN2CCC(C(O)(c3ccc(Br)cc3)c3ccc(Br)cc3)CC2)cc1. The molecule has 0 spiro atoms. The molecule has 0 amide bonds.